The van der Waals surface area contributed by atoms with Crippen molar-refractivity contribution in [3.05, 3.63) is 59.7 Å². The highest BCUT2D eigenvalue weighted by molar-refractivity contribution is 6.01. The van der Waals surface area contributed by atoms with Crippen molar-refractivity contribution in [2.75, 3.05) is 6.54 Å². The summed E-state index contributed by atoms with van der Waals surface area (Å²) in [7, 11) is 0. The Kier molecular flexibility index (Phi) is 4.15. The van der Waals surface area contributed by atoms with Crippen molar-refractivity contribution in [2.24, 2.45) is 0 Å². The van der Waals surface area contributed by atoms with Crippen LogP contribution < -0.4 is 5.32 Å². The van der Waals surface area contributed by atoms with Gasteiger partial charge in [-0.15, -0.1) is 0 Å². The third-order valence-corrected chi connectivity index (χ3v) is 2.90. The van der Waals surface area contributed by atoms with E-state index < -0.39 is 5.97 Å². The van der Waals surface area contributed by atoms with E-state index in [1.54, 1.807) is 12.1 Å². The summed E-state index contributed by atoms with van der Waals surface area (Å²) in [6.07, 6.45) is 0. The number of carbonyl (C=O) groups excluding carboxylic acids is 1. The van der Waals surface area contributed by atoms with Crippen molar-refractivity contribution >= 4 is 11.9 Å². The zero-order valence-electron chi connectivity index (χ0n) is 11.1. The Balaban J connectivity index is 2.35. The Hall–Kier alpha value is -2.62. The molecule has 0 spiro atoms. The number of amides is 1. The van der Waals surface area contributed by atoms with Crippen molar-refractivity contribution in [1.82, 2.24) is 5.32 Å². The van der Waals surface area contributed by atoms with Gasteiger partial charge in [-0.25, -0.2) is 0 Å². The maximum absolute atomic E-state index is 12.1. The molecule has 0 aromatic heterocycles. The topological polar surface area (TPSA) is 66.4 Å². The lowest BCUT2D eigenvalue weighted by atomic mass is 9.98. The third-order valence-electron chi connectivity index (χ3n) is 2.90. The van der Waals surface area contributed by atoms with E-state index in [0.29, 0.717) is 5.56 Å². The average Bonchev–Trinajstić information content (AvgIpc) is 2.44. The van der Waals surface area contributed by atoms with Crippen LogP contribution in [-0.4, -0.2) is 23.5 Å². The second kappa shape index (κ2) is 6.02. The van der Waals surface area contributed by atoms with Crippen molar-refractivity contribution in [2.45, 2.75) is 6.92 Å². The molecule has 0 atom stereocenters. The molecule has 4 nitrogen and oxygen atoms in total. The standard InChI is InChI=1S/C16H15NO3/c1-11-5-4-6-12(9-11)13-7-2-3-8-14(13)16(20)17-10-15(18)19/h2-9H,10H2,1H3,(H,17,20)(H,18,19). The zero-order valence-corrected chi connectivity index (χ0v) is 11.1. The molecule has 0 heterocycles. The fraction of sp³-hybridized carbons (Fsp3) is 0.125. The molecule has 20 heavy (non-hydrogen) atoms. The van der Waals surface area contributed by atoms with E-state index in [-0.39, 0.29) is 12.5 Å². The largest absolute Gasteiger partial charge is 0.480 e. The Morgan fingerprint density at radius 3 is 2.55 bits per heavy atom. The van der Waals surface area contributed by atoms with Gasteiger partial charge in [0.25, 0.3) is 5.91 Å². The van der Waals surface area contributed by atoms with Crippen molar-refractivity contribution in [3.8, 4) is 11.1 Å². The highest BCUT2D eigenvalue weighted by Gasteiger charge is 2.12. The predicted octanol–water partition coefficient (Wildman–Crippen LogP) is 2.48. The van der Waals surface area contributed by atoms with Crippen LogP contribution in [0.3, 0.4) is 0 Å². The van der Waals surface area contributed by atoms with Gasteiger partial charge in [-0.2, -0.15) is 0 Å². The fourth-order valence-corrected chi connectivity index (χ4v) is 2.00. The van der Waals surface area contributed by atoms with Gasteiger partial charge in [0.1, 0.15) is 6.54 Å². The molecule has 1 amide bonds. The minimum absolute atomic E-state index is 0.385. The average molecular weight is 269 g/mol. The van der Waals surface area contributed by atoms with Gasteiger partial charge >= 0.3 is 5.97 Å². The van der Waals surface area contributed by atoms with Gasteiger partial charge < -0.3 is 10.4 Å². The Morgan fingerprint density at radius 1 is 1.10 bits per heavy atom. The van der Waals surface area contributed by atoms with Crippen LogP contribution in [0.1, 0.15) is 15.9 Å². The van der Waals surface area contributed by atoms with Gasteiger partial charge in [0.2, 0.25) is 0 Å². The molecule has 0 bridgehead atoms. The summed E-state index contributed by atoms with van der Waals surface area (Å²) in [5, 5.41) is 11.0. The zero-order chi connectivity index (χ0) is 14.5. The molecule has 2 rings (SSSR count). The van der Waals surface area contributed by atoms with Crippen LogP contribution in [0, 0.1) is 6.92 Å². The molecule has 0 unspecified atom stereocenters. The van der Waals surface area contributed by atoms with Gasteiger partial charge in [0, 0.05) is 5.56 Å². The first-order valence-corrected chi connectivity index (χ1v) is 6.24. The van der Waals surface area contributed by atoms with Crippen molar-refractivity contribution < 1.29 is 14.7 Å². The lowest BCUT2D eigenvalue weighted by Gasteiger charge is -2.10. The monoisotopic (exact) mass is 269 g/mol. The van der Waals surface area contributed by atoms with E-state index in [4.69, 9.17) is 5.11 Å². The highest BCUT2D eigenvalue weighted by atomic mass is 16.4. The minimum atomic E-state index is -1.06. The molecule has 2 aromatic rings. The number of hydrogen-bond acceptors (Lipinski definition) is 2. The van der Waals surface area contributed by atoms with Crippen LogP contribution in [0.5, 0.6) is 0 Å². The molecule has 0 aliphatic rings. The van der Waals surface area contributed by atoms with E-state index in [1.165, 1.54) is 0 Å². The van der Waals surface area contributed by atoms with Gasteiger partial charge in [-0.3, -0.25) is 9.59 Å². The van der Waals surface area contributed by atoms with Crippen LogP contribution in [0.2, 0.25) is 0 Å². The van der Waals surface area contributed by atoms with Crippen LogP contribution in [-0.2, 0) is 4.79 Å². The maximum atomic E-state index is 12.1. The molecular formula is C16H15NO3. The number of aliphatic carboxylic acids is 1. The summed E-state index contributed by atoms with van der Waals surface area (Å²) in [5.41, 5.74) is 3.30. The summed E-state index contributed by atoms with van der Waals surface area (Å²) < 4.78 is 0. The molecule has 102 valence electrons. The number of carbonyl (C=O) groups is 2. The van der Waals surface area contributed by atoms with Gasteiger partial charge in [0.15, 0.2) is 0 Å². The number of carboxylic acids is 1. The first kappa shape index (κ1) is 13.8. The third kappa shape index (κ3) is 3.23. The molecular weight excluding hydrogens is 254 g/mol. The summed E-state index contributed by atoms with van der Waals surface area (Å²) in [4.78, 5) is 22.6. The Bertz CT molecular complexity index is 650. The number of carboxylic acid groups (broad SMARTS) is 1. The van der Waals surface area contributed by atoms with Crippen LogP contribution in [0.25, 0.3) is 11.1 Å². The first-order chi connectivity index (χ1) is 9.58. The lowest BCUT2D eigenvalue weighted by molar-refractivity contribution is -0.135. The SMILES string of the molecule is Cc1cccc(-c2ccccc2C(=O)NCC(=O)O)c1. The lowest BCUT2D eigenvalue weighted by Crippen LogP contribution is -2.29. The van der Waals surface area contributed by atoms with E-state index in [2.05, 4.69) is 5.32 Å². The minimum Gasteiger partial charge on any atom is -0.480 e. The van der Waals surface area contributed by atoms with E-state index in [1.807, 2.05) is 43.3 Å². The number of aryl methyl sites for hydroxylation is 1. The second-order valence-electron chi connectivity index (χ2n) is 4.49. The summed E-state index contributed by atoms with van der Waals surface area (Å²) >= 11 is 0. The van der Waals surface area contributed by atoms with E-state index in [9.17, 15) is 9.59 Å². The second-order valence-corrected chi connectivity index (χ2v) is 4.49. The number of rotatable bonds is 4. The normalized spacial score (nSPS) is 10.1. The predicted molar refractivity (Wildman–Crippen MR) is 76.6 cm³/mol. The summed E-state index contributed by atoms with van der Waals surface area (Å²) in [5.74, 6) is -1.45. The van der Waals surface area contributed by atoms with Crippen LogP contribution in [0.4, 0.5) is 0 Å². The first-order valence-electron chi connectivity index (χ1n) is 6.24. The number of nitrogens with one attached hydrogen (secondary N) is 1. The number of benzene rings is 2. The fourth-order valence-electron chi connectivity index (χ4n) is 2.00. The Labute approximate surface area is 117 Å². The molecule has 0 saturated heterocycles. The molecule has 0 aliphatic carbocycles. The van der Waals surface area contributed by atoms with E-state index in [0.717, 1.165) is 16.7 Å². The smallest absolute Gasteiger partial charge is 0.322 e. The van der Waals surface area contributed by atoms with Gasteiger partial charge in [0.05, 0.1) is 0 Å². The van der Waals surface area contributed by atoms with Gasteiger partial charge in [-0.05, 0) is 24.1 Å². The van der Waals surface area contributed by atoms with Gasteiger partial charge in [-0.1, -0.05) is 48.0 Å². The van der Waals surface area contributed by atoms with E-state index >= 15 is 0 Å². The quantitative estimate of drug-likeness (QED) is 0.896. The highest BCUT2D eigenvalue weighted by Crippen LogP contribution is 2.24. The molecule has 0 fully saturated rings. The molecule has 4 heteroatoms. The van der Waals surface area contributed by atoms with Crippen LogP contribution >= 0.6 is 0 Å². The molecule has 0 saturated carbocycles. The van der Waals surface area contributed by atoms with Crippen LogP contribution in [0.15, 0.2) is 48.5 Å². The summed E-state index contributed by atoms with van der Waals surface area (Å²) in [6, 6.07) is 15.0. The van der Waals surface area contributed by atoms with Crippen molar-refractivity contribution in [1.29, 1.82) is 0 Å². The summed E-state index contributed by atoms with van der Waals surface area (Å²) in [6.45, 7) is 1.59. The molecule has 0 aliphatic heterocycles. The maximum Gasteiger partial charge on any atom is 0.322 e. The molecule has 0 radical (unpaired) electrons. The Morgan fingerprint density at radius 2 is 1.85 bits per heavy atom. The van der Waals surface area contributed by atoms with Crippen molar-refractivity contribution in [3.63, 3.8) is 0 Å². The molecule has 2 aromatic carbocycles. The number of hydrogen-bond donors (Lipinski definition) is 2. The molecule has 2 N–H and O–H groups in total.